The molecule has 0 saturated heterocycles. The number of hydrogen-bond acceptors (Lipinski definition) is 2. The van der Waals surface area contributed by atoms with Crippen LogP contribution >= 0.6 is 0 Å². The minimum Gasteiger partial charge on any atom is -0.384 e. The second-order valence-electron chi connectivity index (χ2n) is 6.20. The zero-order valence-corrected chi connectivity index (χ0v) is 11.9. The molecule has 0 fully saturated rings. The van der Waals surface area contributed by atoms with E-state index in [4.69, 9.17) is 0 Å². The Balaban J connectivity index is 2.89. The highest BCUT2D eigenvalue weighted by atomic mass is 16.3. The highest BCUT2D eigenvalue weighted by molar-refractivity contribution is 5.34. The summed E-state index contributed by atoms with van der Waals surface area (Å²) in [6.07, 6.45) is 0. The third-order valence-electron chi connectivity index (χ3n) is 2.93. The summed E-state index contributed by atoms with van der Waals surface area (Å²) in [5, 5.41) is 13.9. The molecule has 2 heteroatoms. The SMILES string of the molecule is Cc1ccc(C(C)(O)CNC(C)(C)C)c(C)c1. The van der Waals surface area contributed by atoms with Crippen LogP contribution in [0, 0.1) is 13.8 Å². The summed E-state index contributed by atoms with van der Waals surface area (Å²) in [4.78, 5) is 0. The lowest BCUT2D eigenvalue weighted by atomic mass is 9.90. The number of β-amino-alcohol motifs (C(OH)–C–C–N with tert-alkyl or cyclic N) is 1. The lowest BCUT2D eigenvalue weighted by molar-refractivity contribution is 0.0495. The Kier molecular flexibility index (Phi) is 4.00. The Hall–Kier alpha value is -0.860. The molecule has 0 radical (unpaired) electrons. The standard InChI is InChI=1S/C15H25NO/c1-11-7-8-13(12(2)9-11)15(6,17)10-16-14(3,4)5/h7-9,16-17H,10H2,1-6H3. The van der Waals surface area contributed by atoms with Gasteiger partial charge in [-0.15, -0.1) is 0 Å². The van der Waals surface area contributed by atoms with Crippen LogP contribution in [-0.2, 0) is 5.60 Å². The quantitative estimate of drug-likeness (QED) is 0.844. The van der Waals surface area contributed by atoms with Gasteiger partial charge in [-0.05, 0) is 52.7 Å². The molecule has 17 heavy (non-hydrogen) atoms. The highest BCUT2D eigenvalue weighted by Crippen LogP contribution is 2.24. The van der Waals surface area contributed by atoms with E-state index in [9.17, 15) is 5.11 Å². The van der Waals surface area contributed by atoms with Gasteiger partial charge in [0, 0.05) is 12.1 Å². The number of aryl methyl sites for hydroxylation is 2. The molecular weight excluding hydrogens is 210 g/mol. The molecule has 0 heterocycles. The normalized spacial score (nSPS) is 15.7. The van der Waals surface area contributed by atoms with Crippen molar-refractivity contribution < 1.29 is 5.11 Å². The second-order valence-corrected chi connectivity index (χ2v) is 6.20. The van der Waals surface area contributed by atoms with E-state index < -0.39 is 5.60 Å². The smallest absolute Gasteiger partial charge is 0.0995 e. The van der Waals surface area contributed by atoms with Gasteiger partial charge in [0.25, 0.3) is 0 Å². The van der Waals surface area contributed by atoms with Crippen LogP contribution in [0.25, 0.3) is 0 Å². The van der Waals surface area contributed by atoms with E-state index >= 15 is 0 Å². The Morgan fingerprint density at radius 2 is 1.71 bits per heavy atom. The number of aliphatic hydroxyl groups is 1. The molecule has 0 aliphatic rings. The van der Waals surface area contributed by atoms with Gasteiger partial charge in [0.05, 0.1) is 5.60 Å². The van der Waals surface area contributed by atoms with E-state index in [2.05, 4.69) is 39.1 Å². The van der Waals surface area contributed by atoms with Crippen molar-refractivity contribution in [2.45, 2.75) is 52.7 Å². The molecule has 1 atom stereocenters. The second kappa shape index (κ2) is 4.79. The van der Waals surface area contributed by atoms with Crippen LogP contribution in [-0.4, -0.2) is 17.2 Å². The van der Waals surface area contributed by atoms with Crippen LogP contribution in [0.2, 0.25) is 0 Å². The molecule has 1 unspecified atom stereocenters. The molecule has 0 aromatic heterocycles. The number of hydrogen-bond donors (Lipinski definition) is 2. The molecule has 96 valence electrons. The maximum Gasteiger partial charge on any atom is 0.0995 e. The summed E-state index contributed by atoms with van der Waals surface area (Å²) in [5.74, 6) is 0. The van der Waals surface area contributed by atoms with Gasteiger partial charge in [-0.1, -0.05) is 23.8 Å². The first-order valence-electron chi connectivity index (χ1n) is 6.17. The molecular formula is C15H25NO. The average Bonchev–Trinajstić information content (AvgIpc) is 2.13. The summed E-state index contributed by atoms with van der Waals surface area (Å²) in [7, 11) is 0. The largest absolute Gasteiger partial charge is 0.384 e. The maximum absolute atomic E-state index is 10.6. The van der Waals surface area contributed by atoms with E-state index in [0.717, 1.165) is 11.1 Å². The number of nitrogens with one attached hydrogen (secondary N) is 1. The first-order chi connectivity index (χ1) is 7.62. The van der Waals surface area contributed by atoms with Crippen molar-refractivity contribution in [1.82, 2.24) is 5.32 Å². The predicted octanol–water partition coefficient (Wildman–Crippen LogP) is 2.90. The minimum atomic E-state index is -0.828. The van der Waals surface area contributed by atoms with Crippen LogP contribution in [0.1, 0.15) is 44.4 Å². The molecule has 0 aliphatic heterocycles. The predicted molar refractivity (Wildman–Crippen MR) is 73.2 cm³/mol. The third kappa shape index (κ3) is 4.14. The first-order valence-corrected chi connectivity index (χ1v) is 6.17. The van der Waals surface area contributed by atoms with Gasteiger partial charge in [-0.2, -0.15) is 0 Å². The van der Waals surface area contributed by atoms with Crippen LogP contribution in [0.3, 0.4) is 0 Å². The molecule has 2 N–H and O–H groups in total. The molecule has 2 nitrogen and oxygen atoms in total. The highest BCUT2D eigenvalue weighted by Gasteiger charge is 2.26. The van der Waals surface area contributed by atoms with Crippen molar-refractivity contribution in [1.29, 1.82) is 0 Å². The summed E-state index contributed by atoms with van der Waals surface area (Å²) in [6.45, 7) is 12.8. The van der Waals surface area contributed by atoms with Crippen molar-refractivity contribution in [3.63, 3.8) is 0 Å². The van der Waals surface area contributed by atoms with E-state index in [1.807, 2.05) is 26.0 Å². The monoisotopic (exact) mass is 235 g/mol. The van der Waals surface area contributed by atoms with Crippen molar-refractivity contribution in [2.24, 2.45) is 0 Å². The van der Waals surface area contributed by atoms with Gasteiger partial charge in [0.15, 0.2) is 0 Å². The number of rotatable bonds is 3. The van der Waals surface area contributed by atoms with E-state index in [1.54, 1.807) is 0 Å². The average molecular weight is 235 g/mol. The third-order valence-corrected chi connectivity index (χ3v) is 2.93. The van der Waals surface area contributed by atoms with Gasteiger partial charge in [0.1, 0.15) is 0 Å². The fourth-order valence-electron chi connectivity index (χ4n) is 1.95. The summed E-state index contributed by atoms with van der Waals surface area (Å²) < 4.78 is 0. The Labute approximate surface area is 105 Å². The molecule has 1 aromatic carbocycles. The lowest BCUT2D eigenvalue weighted by Crippen LogP contribution is -2.45. The number of benzene rings is 1. The van der Waals surface area contributed by atoms with Crippen LogP contribution < -0.4 is 5.32 Å². The molecule has 0 bridgehead atoms. The van der Waals surface area contributed by atoms with Crippen LogP contribution in [0.5, 0.6) is 0 Å². The minimum absolute atomic E-state index is 0.0165. The molecule has 0 aliphatic carbocycles. The molecule has 0 saturated carbocycles. The van der Waals surface area contributed by atoms with Gasteiger partial charge in [0.2, 0.25) is 0 Å². The summed E-state index contributed by atoms with van der Waals surface area (Å²) in [6, 6.07) is 6.18. The first kappa shape index (κ1) is 14.2. The fourth-order valence-corrected chi connectivity index (χ4v) is 1.95. The molecule has 0 amide bonds. The van der Waals surface area contributed by atoms with Crippen molar-refractivity contribution in [2.75, 3.05) is 6.54 Å². The molecule has 1 aromatic rings. The van der Waals surface area contributed by atoms with Gasteiger partial charge < -0.3 is 10.4 Å². The molecule has 0 spiro atoms. The molecule has 1 rings (SSSR count). The van der Waals surface area contributed by atoms with Gasteiger partial charge in [-0.25, -0.2) is 0 Å². The fraction of sp³-hybridized carbons (Fsp3) is 0.600. The van der Waals surface area contributed by atoms with Crippen molar-refractivity contribution in [3.8, 4) is 0 Å². The van der Waals surface area contributed by atoms with Gasteiger partial charge >= 0.3 is 0 Å². The maximum atomic E-state index is 10.6. The van der Waals surface area contributed by atoms with Crippen LogP contribution in [0.4, 0.5) is 0 Å². The van der Waals surface area contributed by atoms with E-state index in [1.165, 1.54) is 5.56 Å². The Morgan fingerprint density at radius 3 is 2.18 bits per heavy atom. The van der Waals surface area contributed by atoms with Crippen molar-refractivity contribution in [3.05, 3.63) is 34.9 Å². The van der Waals surface area contributed by atoms with Crippen molar-refractivity contribution >= 4 is 0 Å². The summed E-state index contributed by atoms with van der Waals surface area (Å²) >= 11 is 0. The van der Waals surface area contributed by atoms with Gasteiger partial charge in [-0.3, -0.25) is 0 Å². The summed E-state index contributed by atoms with van der Waals surface area (Å²) in [5.41, 5.74) is 2.56. The topological polar surface area (TPSA) is 32.3 Å². The Morgan fingerprint density at radius 1 is 1.12 bits per heavy atom. The lowest BCUT2D eigenvalue weighted by Gasteiger charge is -2.31. The van der Waals surface area contributed by atoms with Crippen LogP contribution in [0.15, 0.2) is 18.2 Å². The Bertz CT molecular complexity index is 388. The zero-order valence-electron chi connectivity index (χ0n) is 11.9. The van der Waals surface area contributed by atoms with E-state index in [0.29, 0.717) is 6.54 Å². The zero-order chi connectivity index (χ0) is 13.3. The van der Waals surface area contributed by atoms with E-state index in [-0.39, 0.29) is 5.54 Å².